The van der Waals surface area contributed by atoms with Crippen molar-refractivity contribution in [3.05, 3.63) is 82.1 Å². The quantitative estimate of drug-likeness (QED) is 0.573. The Hall–Kier alpha value is -2.72. The first-order valence-electron chi connectivity index (χ1n) is 8.81. The van der Waals surface area contributed by atoms with E-state index in [1.54, 1.807) is 0 Å². The molecule has 4 nitrogen and oxygen atoms in total. The highest BCUT2D eigenvalue weighted by atomic mass is 35.5. The largest absolute Gasteiger partial charge is 0.489 e. The van der Waals surface area contributed by atoms with Gasteiger partial charge in [-0.05, 0) is 61.9 Å². The van der Waals surface area contributed by atoms with Gasteiger partial charge in [-0.15, -0.1) is 0 Å². The van der Waals surface area contributed by atoms with Crippen LogP contribution in [0.3, 0.4) is 0 Å². The molecule has 1 aromatic heterocycles. The Morgan fingerprint density at radius 1 is 1.07 bits per heavy atom. The Bertz CT molecular complexity index is 928. The van der Waals surface area contributed by atoms with E-state index in [1.807, 2.05) is 80.1 Å². The molecule has 0 aliphatic rings. The maximum atomic E-state index is 12.4. The summed E-state index contributed by atoms with van der Waals surface area (Å²) in [4.78, 5) is 12.4. The highest BCUT2D eigenvalue weighted by Gasteiger charge is 2.13. The van der Waals surface area contributed by atoms with Crippen molar-refractivity contribution >= 4 is 23.1 Å². The molecule has 140 valence electrons. The number of ether oxygens (including phenoxy) is 1. The Morgan fingerprint density at radius 2 is 1.74 bits per heavy atom. The lowest BCUT2D eigenvalue weighted by Crippen LogP contribution is -2.14. The summed E-state index contributed by atoms with van der Waals surface area (Å²) in [6, 6.07) is 17.1. The maximum Gasteiger partial charge on any atom is 0.183 e. The molecule has 2 aromatic carbocycles. The number of carbonyl (C=O) groups excluding carboxylic acids is 1. The van der Waals surface area contributed by atoms with Gasteiger partial charge in [0.2, 0.25) is 0 Å². The standard InChI is InChI=1S/C22H23ClN2O2/c1-15-12-21(16(2)25(15)3)22(26)13-24-19-8-10-20(11-9-19)27-14-17-4-6-18(23)7-5-17/h4-12,24H,13-14H2,1-3H3. The lowest BCUT2D eigenvalue weighted by Gasteiger charge is -2.09. The van der Waals surface area contributed by atoms with Crippen molar-refractivity contribution in [1.29, 1.82) is 0 Å². The molecule has 3 rings (SSSR count). The number of ketones is 1. The molecular formula is C22H23ClN2O2. The maximum absolute atomic E-state index is 12.4. The van der Waals surface area contributed by atoms with Crippen molar-refractivity contribution in [2.45, 2.75) is 20.5 Å². The van der Waals surface area contributed by atoms with E-state index in [-0.39, 0.29) is 12.3 Å². The average Bonchev–Trinajstić information content (AvgIpc) is 2.94. The van der Waals surface area contributed by atoms with E-state index in [0.717, 1.165) is 34.0 Å². The SMILES string of the molecule is Cc1cc(C(=O)CNc2ccc(OCc3ccc(Cl)cc3)cc2)c(C)n1C. The summed E-state index contributed by atoms with van der Waals surface area (Å²) in [7, 11) is 1.97. The third-order valence-corrected chi connectivity index (χ3v) is 4.95. The zero-order valence-electron chi connectivity index (χ0n) is 15.8. The molecule has 0 bridgehead atoms. The predicted molar refractivity (Wildman–Crippen MR) is 110 cm³/mol. The molecule has 0 radical (unpaired) electrons. The highest BCUT2D eigenvalue weighted by Crippen LogP contribution is 2.19. The summed E-state index contributed by atoms with van der Waals surface area (Å²) >= 11 is 5.88. The lowest BCUT2D eigenvalue weighted by atomic mass is 10.1. The van der Waals surface area contributed by atoms with E-state index < -0.39 is 0 Å². The molecule has 0 aliphatic heterocycles. The molecule has 1 heterocycles. The van der Waals surface area contributed by atoms with Gasteiger partial charge in [0, 0.05) is 34.7 Å². The monoisotopic (exact) mass is 382 g/mol. The lowest BCUT2D eigenvalue weighted by molar-refractivity contribution is 0.101. The van der Waals surface area contributed by atoms with Crippen LogP contribution in [0.1, 0.15) is 27.3 Å². The molecular weight excluding hydrogens is 360 g/mol. The second-order valence-electron chi connectivity index (χ2n) is 6.56. The van der Waals surface area contributed by atoms with Crippen molar-refractivity contribution in [2.75, 3.05) is 11.9 Å². The van der Waals surface area contributed by atoms with Crippen molar-refractivity contribution in [3.8, 4) is 5.75 Å². The third-order valence-electron chi connectivity index (χ3n) is 4.70. The van der Waals surface area contributed by atoms with Crippen molar-refractivity contribution in [1.82, 2.24) is 4.57 Å². The number of hydrogen-bond acceptors (Lipinski definition) is 3. The van der Waals surface area contributed by atoms with Gasteiger partial charge in [-0.2, -0.15) is 0 Å². The Morgan fingerprint density at radius 3 is 2.33 bits per heavy atom. The number of carbonyl (C=O) groups is 1. The number of halogens is 1. The minimum absolute atomic E-state index is 0.0827. The number of Topliss-reactive ketones (excluding diaryl/α,β-unsaturated/α-hetero) is 1. The minimum Gasteiger partial charge on any atom is -0.489 e. The Labute approximate surface area is 164 Å². The molecule has 3 aromatic rings. The van der Waals surface area contributed by atoms with Crippen LogP contribution >= 0.6 is 11.6 Å². The van der Waals surface area contributed by atoms with Gasteiger partial charge in [-0.3, -0.25) is 4.79 Å². The van der Waals surface area contributed by atoms with Crippen LogP contribution in [0.2, 0.25) is 5.02 Å². The fraction of sp³-hybridized carbons (Fsp3) is 0.227. The third kappa shape index (κ3) is 4.72. The van der Waals surface area contributed by atoms with Crippen molar-refractivity contribution in [2.24, 2.45) is 7.05 Å². The number of nitrogens with zero attached hydrogens (tertiary/aromatic N) is 1. The molecule has 0 aliphatic carbocycles. The molecule has 0 atom stereocenters. The van der Waals surface area contributed by atoms with Gasteiger partial charge >= 0.3 is 0 Å². The van der Waals surface area contributed by atoms with Gasteiger partial charge in [0.05, 0.1) is 6.54 Å². The van der Waals surface area contributed by atoms with Gasteiger partial charge in [-0.25, -0.2) is 0 Å². The van der Waals surface area contributed by atoms with E-state index in [1.165, 1.54) is 0 Å². The highest BCUT2D eigenvalue weighted by molar-refractivity contribution is 6.30. The molecule has 0 unspecified atom stereocenters. The fourth-order valence-corrected chi connectivity index (χ4v) is 2.96. The molecule has 1 N–H and O–H groups in total. The summed E-state index contributed by atoms with van der Waals surface area (Å²) in [5, 5.41) is 3.89. The first-order chi connectivity index (χ1) is 12.9. The van der Waals surface area contributed by atoms with E-state index in [4.69, 9.17) is 16.3 Å². The van der Waals surface area contributed by atoms with Crippen LogP contribution in [-0.4, -0.2) is 16.9 Å². The molecule has 0 saturated heterocycles. The molecule has 0 fully saturated rings. The first-order valence-corrected chi connectivity index (χ1v) is 9.19. The van der Waals surface area contributed by atoms with Gasteiger partial charge in [-0.1, -0.05) is 23.7 Å². The minimum atomic E-state index is 0.0827. The number of aromatic nitrogens is 1. The van der Waals surface area contributed by atoms with Crippen LogP contribution in [0.4, 0.5) is 5.69 Å². The van der Waals surface area contributed by atoms with E-state index in [2.05, 4.69) is 5.32 Å². The first kappa shape index (κ1) is 19.1. The number of nitrogens with one attached hydrogen (secondary N) is 1. The van der Waals surface area contributed by atoms with E-state index in [9.17, 15) is 4.79 Å². The Kier molecular flexibility index (Phi) is 5.87. The fourth-order valence-electron chi connectivity index (χ4n) is 2.83. The Balaban J connectivity index is 1.53. The van der Waals surface area contributed by atoms with Gasteiger partial charge < -0.3 is 14.6 Å². The predicted octanol–water partition coefficient (Wildman–Crippen LogP) is 5.17. The van der Waals surface area contributed by atoms with Gasteiger partial charge in [0.15, 0.2) is 5.78 Å². The van der Waals surface area contributed by atoms with E-state index in [0.29, 0.717) is 11.6 Å². The van der Waals surface area contributed by atoms with Crippen LogP contribution in [0.5, 0.6) is 5.75 Å². The zero-order chi connectivity index (χ0) is 19.4. The van der Waals surface area contributed by atoms with Crippen LogP contribution in [0.25, 0.3) is 0 Å². The average molecular weight is 383 g/mol. The van der Waals surface area contributed by atoms with Crippen LogP contribution < -0.4 is 10.1 Å². The zero-order valence-corrected chi connectivity index (χ0v) is 16.5. The summed E-state index contributed by atoms with van der Waals surface area (Å²) < 4.78 is 7.80. The normalized spacial score (nSPS) is 10.7. The number of rotatable bonds is 7. The molecule has 0 saturated carbocycles. The number of hydrogen-bond donors (Lipinski definition) is 1. The number of aryl methyl sites for hydroxylation is 1. The summed E-state index contributed by atoms with van der Waals surface area (Å²) in [5.74, 6) is 0.857. The van der Waals surface area contributed by atoms with Crippen LogP contribution in [0.15, 0.2) is 54.6 Å². The van der Waals surface area contributed by atoms with Crippen molar-refractivity contribution in [3.63, 3.8) is 0 Å². The summed E-state index contributed by atoms with van der Waals surface area (Å²) in [6.45, 7) is 4.71. The smallest absolute Gasteiger partial charge is 0.183 e. The van der Waals surface area contributed by atoms with Crippen molar-refractivity contribution < 1.29 is 9.53 Å². The number of benzene rings is 2. The molecule has 0 spiro atoms. The van der Waals surface area contributed by atoms with Crippen LogP contribution in [-0.2, 0) is 13.7 Å². The summed E-state index contributed by atoms with van der Waals surface area (Å²) in [6.07, 6.45) is 0. The second kappa shape index (κ2) is 8.31. The number of anilines is 1. The molecule has 0 amide bonds. The van der Waals surface area contributed by atoms with E-state index >= 15 is 0 Å². The topological polar surface area (TPSA) is 43.3 Å². The summed E-state index contributed by atoms with van der Waals surface area (Å²) in [5.41, 5.74) is 4.78. The molecule has 5 heteroatoms. The second-order valence-corrected chi connectivity index (χ2v) is 7.00. The van der Waals surface area contributed by atoms with Gasteiger partial charge in [0.1, 0.15) is 12.4 Å². The molecule has 27 heavy (non-hydrogen) atoms. The van der Waals surface area contributed by atoms with Gasteiger partial charge in [0.25, 0.3) is 0 Å². The van der Waals surface area contributed by atoms with Crippen LogP contribution in [0, 0.1) is 13.8 Å².